The van der Waals surface area contributed by atoms with Crippen molar-refractivity contribution in [1.82, 2.24) is 4.57 Å². The van der Waals surface area contributed by atoms with Crippen molar-refractivity contribution in [1.29, 1.82) is 0 Å². The predicted octanol–water partition coefficient (Wildman–Crippen LogP) is 12.4. The zero-order valence-corrected chi connectivity index (χ0v) is 30.2. The number of aromatic nitrogens is 1. The number of hydrogen-bond acceptors (Lipinski definition) is 2. The van der Waals surface area contributed by atoms with Gasteiger partial charge in [-0.05, 0) is 121 Å². The lowest BCUT2D eigenvalue weighted by atomic mass is 9.85. The third-order valence-electron chi connectivity index (χ3n) is 9.24. The van der Waals surface area contributed by atoms with Gasteiger partial charge >= 0.3 is 0 Å². The summed E-state index contributed by atoms with van der Waals surface area (Å²) in [6, 6.07) is 32.0. The topological polar surface area (TPSA) is 11.4 Å². The number of benzene rings is 4. The summed E-state index contributed by atoms with van der Waals surface area (Å²) in [6.45, 7) is 24.5. The third kappa shape index (κ3) is 6.95. The van der Waals surface area contributed by atoms with E-state index in [1.54, 1.807) is 0 Å². The molecule has 3 heteroatoms. The number of fused-ring (bicyclic) bond motifs is 3. The lowest BCUT2D eigenvalue weighted by Gasteiger charge is -2.31. The molecule has 1 heterocycles. The zero-order chi connectivity index (χ0) is 34.1. The van der Waals surface area contributed by atoms with Crippen molar-refractivity contribution in [3.63, 3.8) is 0 Å². The normalized spacial score (nSPS) is 13.2. The van der Waals surface area contributed by atoms with E-state index in [1.807, 2.05) is 0 Å². The van der Waals surface area contributed by atoms with Crippen LogP contribution in [0, 0.1) is 0 Å². The number of allylic oxidation sites excluding steroid dienone is 3. The van der Waals surface area contributed by atoms with Crippen LogP contribution in [0.15, 0.2) is 122 Å². The van der Waals surface area contributed by atoms with E-state index in [1.165, 1.54) is 32.9 Å². The smallest absolute Gasteiger partial charge is 0.0541 e. The molecular formula is C44H53N3. The third-order valence-corrected chi connectivity index (χ3v) is 9.24. The second kappa shape index (κ2) is 13.3. The minimum atomic E-state index is 0.0812. The fourth-order valence-electron chi connectivity index (χ4n) is 6.41. The van der Waals surface area contributed by atoms with E-state index in [0.717, 1.165) is 34.9 Å². The van der Waals surface area contributed by atoms with Crippen molar-refractivity contribution in [3.05, 3.63) is 133 Å². The Labute approximate surface area is 283 Å². The first-order chi connectivity index (χ1) is 22.2. The summed E-state index contributed by atoms with van der Waals surface area (Å²) in [4.78, 5) is 4.53. The van der Waals surface area contributed by atoms with Gasteiger partial charge in [0.1, 0.15) is 0 Å². The molecule has 1 atom stereocenters. The largest absolute Gasteiger partial charge is 0.345 e. The van der Waals surface area contributed by atoms with Crippen LogP contribution in [0.5, 0.6) is 0 Å². The van der Waals surface area contributed by atoms with Gasteiger partial charge in [-0.1, -0.05) is 85.4 Å². The van der Waals surface area contributed by atoms with Crippen molar-refractivity contribution in [2.24, 2.45) is 0 Å². The van der Waals surface area contributed by atoms with Crippen LogP contribution in [0.3, 0.4) is 0 Å². The molecule has 1 unspecified atom stereocenters. The van der Waals surface area contributed by atoms with Crippen molar-refractivity contribution in [3.8, 4) is 5.69 Å². The highest BCUT2D eigenvalue weighted by Gasteiger charge is 2.21. The van der Waals surface area contributed by atoms with Gasteiger partial charge in [0, 0.05) is 52.3 Å². The summed E-state index contributed by atoms with van der Waals surface area (Å²) in [5.41, 5.74) is 10.9. The van der Waals surface area contributed by atoms with Crippen LogP contribution in [0.4, 0.5) is 17.1 Å². The molecule has 0 amide bonds. The molecule has 5 rings (SSSR count). The molecule has 0 aliphatic rings. The summed E-state index contributed by atoms with van der Waals surface area (Å²) >= 11 is 0. The van der Waals surface area contributed by atoms with Crippen LogP contribution in [0.25, 0.3) is 27.5 Å². The molecule has 47 heavy (non-hydrogen) atoms. The van der Waals surface area contributed by atoms with Gasteiger partial charge in [0.25, 0.3) is 0 Å². The van der Waals surface area contributed by atoms with Gasteiger partial charge in [0.2, 0.25) is 0 Å². The van der Waals surface area contributed by atoms with Crippen LogP contribution in [0.1, 0.15) is 79.9 Å². The van der Waals surface area contributed by atoms with Crippen molar-refractivity contribution < 1.29 is 0 Å². The van der Waals surface area contributed by atoms with Gasteiger partial charge in [0.15, 0.2) is 0 Å². The summed E-state index contributed by atoms with van der Waals surface area (Å²) < 4.78 is 2.42. The molecule has 0 saturated carbocycles. The lowest BCUT2D eigenvalue weighted by molar-refractivity contribution is 0.590. The number of hydrogen-bond donors (Lipinski definition) is 0. The molecule has 5 aromatic rings. The molecule has 244 valence electrons. The first kappa shape index (κ1) is 33.9. The lowest BCUT2D eigenvalue weighted by Crippen LogP contribution is -2.29. The predicted molar refractivity (Wildman–Crippen MR) is 208 cm³/mol. The fourth-order valence-corrected chi connectivity index (χ4v) is 6.41. The molecule has 3 nitrogen and oxygen atoms in total. The Bertz CT molecular complexity index is 1850. The number of nitrogens with zero attached hydrogens (tertiary/aromatic N) is 3. The van der Waals surface area contributed by atoms with Gasteiger partial charge in [-0.15, -0.1) is 0 Å². The highest BCUT2D eigenvalue weighted by Crippen LogP contribution is 2.38. The van der Waals surface area contributed by atoms with Gasteiger partial charge in [0.05, 0.1) is 11.0 Å². The molecule has 0 bridgehead atoms. The second-order valence-corrected chi connectivity index (χ2v) is 14.8. The quantitative estimate of drug-likeness (QED) is 0.120. The van der Waals surface area contributed by atoms with E-state index in [-0.39, 0.29) is 16.9 Å². The zero-order valence-electron chi connectivity index (χ0n) is 30.2. The molecule has 0 N–H and O–H groups in total. The molecule has 0 saturated heterocycles. The Hall–Kier alpha value is -4.50. The minimum Gasteiger partial charge on any atom is -0.345 e. The molecule has 0 aliphatic heterocycles. The van der Waals surface area contributed by atoms with E-state index in [0.29, 0.717) is 0 Å². The monoisotopic (exact) mass is 623 g/mol. The Kier molecular flexibility index (Phi) is 9.59. The number of anilines is 3. The molecular weight excluding hydrogens is 571 g/mol. The Morgan fingerprint density at radius 2 is 1.21 bits per heavy atom. The average molecular weight is 624 g/mol. The highest BCUT2D eigenvalue weighted by molar-refractivity contribution is 6.10. The van der Waals surface area contributed by atoms with Gasteiger partial charge in [-0.25, -0.2) is 0 Å². The maximum atomic E-state index is 4.37. The molecule has 0 spiro atoms. The molecule has 0 aliphatic carbocycles. The highest BCUT2D eigenvalue weighted by atomic mass is 15.2. The van der Waals surface area contributed by atoms with E-state index in [4.69, 9.17) is 0 Å². The fraction of sp³-hybridized carbons (Fsp3) is 0.318. The van der Waals surface area contributed by atoms with Crippen LogP contribution < -0.4 is 9.80 Å². The molecule has 0 radical (unpaired) electrons. The van der Waals surface area contributed by atoms with Crippen molar-refractivity contribution in [2.75, 3.05) is 16.8 Å². The maximum absolute atomic E-state index is 4.37. The van der Waals surface area contributed by atoms with Crippen LogP contribution in [-0.2, 0) is 10.8 Å². The van der Waals surface area contributed by atoms with Gasteiger partial charge in [-0.3, -0.25) is 0 Å². The van der Waals surface area contributed by atoms with Crippen LogP contribution in [-0.4, -0.2) is 17.7 Å². The molecule has 0 fully saturated rings. The summed E-state index contributed by atoms with van der Waals surface area (Å²) in [7, 11) is 2.13. The Morgan fingerprint density at radius 3 is 1.66 bits per heavy atom. The first-order valence-corrected chi connectivity index (χ1v) is 17.1. The van der Waals surface area contributed by atoms with Crippen LogP contribution in [0.2, 0.25) is 0 Å². The van der Waals surface area contributed by atoms with E-state index >= 15 is 0 Å². The minimum absolute atomic E-state index is 0.0812. The maximum Gasteiger partial charge on any atom is 0.0541 e. The summed E-state index contributed by atoms with van der Waals surface area (Å²) in [5.74, 6) is 0. The molecule has 1 aromatic heterocycles. The standard InChI is InChI=1S/C44H53N3/c1-12-14-16-32(4)46(31(3)15-13-2)37-23-19-35(20-24-37)45(11)36-21-25-38(26-22-36)47-41-27-17-33(43(5,6)7)29-39(41)40-30-34(44(8,9)10)18-28-42(40)47/h13-31H,4,12H2,1-3,5-11H3/b15-13-,16-14-. The Morgan fingerprint density at radius 1 is 0.745 bits per heavy atom. The first-order valence-electron chi connectivity index (χ1n) is 17.1. The van der Waals surface area contributed by atoms with Crippen molar-refractivity contribution in [2.45, 2.75) is 85.6 Å². The van der Waals surface area contributed by atoms with Crippen molar-refractivity contribution >= 4 is 38.9 Å². The SMILES string of the molecule is C=C(/C=C\CC)N(c1ccc(N(C)c2ccc(-n3c4ccc(C(C)(C)C)cc4c4cc(C(C)(C)C)ccc43)cc2)cc1)C(C)/C=C\C. The van der Waals surface area contributed by atoms with Crippen LogP contribution >= 0.6 is 0 Å². The van der Waals surface area contributed by atoms with Gasteiger partial charge in [-0.2, -0.15) is 0 Å². The average Bonchev–Trinajstić information content (AvgIpc) is 3.36. The number of rotatable bonds is 9. The van der Waals surface area contributed by atoms with E-state index in [2.05, 4.69) is 200 Å². The van der Waals surface area contributed by atoms with Gasteiger partial charge < -0.3 is 14.4 Å². The second-order valence-electron chi connectivity index (χ2n) is 14.8. The Balaban J connectivity index is 1.50. The molecule has 4 aromatic carbocycles. The summed E-state index contributed by atoms with van der Waals surface area (Å²) in [5, 5.41) is 2.62. The van der Waals surface area contributed by atoms with E-state index < -0.39 is 0 Å². The summed E-state index contributed by atoms with van der Waals surface area (Å²) in [6.07, 6.45) is 9.57. The van der Waals surface area contributed by atoms with E-state index in [9.17, 15) is 0 Å².